The first-order valence-corrected chi connectivity index (χ1v) is 8.03. The van der Waals surface area contributed by atoms with Crippen LogP contribution in [0.15, 0.2) is 30.6 Å². The second kappa shape index (κ2) is 6.64. The van der Waals surface area contributed by atoms with E-state index in [1.54, 1.807) is 35.6 Å². The topological polar surface area (TPSA) is 87.9 Å². The number of anilines is 1. The number of ether oxygens (including phenoxy) is 1. The monoisotopic (exact) mass is 338 g/mol. The Morgan fingerprint density at radius 3 is 2.75 bits per heavy atom. The van der Waals surface area contributed by atoms with E-state index in [0.29, 0.717) is 17.1 Å². The van der Waals surface area contributed by atoms with Crippen LogP contribution in [0.2, 0.25) is 0 Å². The molecular weight excluding hydrogens is 324 g/mol. The van der Waals surface area contributed by atoms with Gasteiger partial charge in [-0.25, -0.2) is 9.97 Å². The number of nitriles is 1. The lowest BCUT2D eigenvalue weighted by molar-refractivity contribution is -0.118. The Morgan fingerprint density at radius 2 is 2.04 bits per heavy atom. The zero-order chi connectivity index (χ0) is 17.1. The number of carbonyl (C=O) groups is 1. The van der Waals surface area contributed by atoms with Gasteiger partial charge in [0, 0.05) is 10.6 Å². The van der Waals surface area contributed by atoms with Crippen LogP contribution >= 0.6 is 11.3 Å². The molecule has 7 heteroatoms. The lowest BCUT2D eigenvalue weighted by Gasteiger charge is -2.08. The fourth-order valence-corrected chi connectivity index (χ4v) is 3.21. The molecule has 0 unspecified atom stereocenters. The number of thiophene rings is 1. The van der Waals surface area contributed by atoms with Gasteiger partial charge < -0.3 is 10.1 Å². The lowest BCUT2D eigenvalue weighted by atomic mass is 10.2. The minimum atomic E-state index is -0.295. The molecular formula is C17H14N4O2S. The number of hydrogen-bond acceptors (Lipinski definition) is 6. The molecule has 24 heavy (non-hydrogen) atoms. The van der Waals surface area contributed by atoms with E-state index in [4.69, 9.17) is 10.00 Å². The second-order valence-corrected chi connectivity index (χ2v) is 6.37. The van der Waals surface area contributed by atoms with Crippen LogP contribution in [0.1, 0.15) is 16.0 Å². The highest BCUT2D eigenvalue weighted by atomic mass is 32.1. The number of aryl methyl sites for hydroxylation is 2. The lowest BCUT2D eigenvalue weighted by Crippen LogP contribution is -2.20. The number of benzene rings is 1. The van der Waals surface area contributed by atoms with Crippen molar-refractivity contribution in [3.05, 3.63) is 46.6 Å². The summed E-state index contributed by atoms with van der Waals surface area (Å²) in [6.07, 6.45) is 1.44. The molecule has 2 aromatic heterocycles. The van der Waals surface area contributed by atoms with E-state index in [1.165, 1.54) is 6.33 Å². The molecule has 1 amide bonds. The van der Waals surface area contributed by atoms with Crippen molar-refractivity contribution in [2.45, 2.75) is 13.8 Å². The number of rotatable bonds is 4. The Kier molecular flexibility index (Phi) is 4.40. The SMILES string of the molecule is Cc1sc2ncnc(OCC(=O)Nc3ccc(C#N)cc3)c2c1C. The highest BCUT2D eigenvalue weighted by Crippen LogP contribution is 2.33. The number of amides is 1. The summed E-state index contributed by atoms with van der Waals surface area (Å²) >= 11 is 1.58. The highest BCUT2D eigenvalue weighted by Gasteiger charge is 2.14. The molecule has 0 aliphatic rings. The number of nitrogens with zero attached hydrogens (tertiary/aromatic N) is 3. The molecule has 0 fully saturated rings. The highest BCUT2D eigenvalue weighted by molar-refractivity contribution is 7.18. The Morgan fingerprint density at radius 1 is 1.29 bits per heavy atom. The van der Waals surface area contributed by atoms with Crippen LogP contribution in [0.25, 0.3) is 10.2 Å². The number of nitrogens with one attached hydrogen (secondary N) is 1. The predicted molar refractivity (Wildman–Crippen MR) is 92.2 cm³/mol. The maximum atomic E-state index is 12.0. The van der Waals surface area contributed by atoms with E-state index < -0.39 is 0 Å². The normalized spacial score (nSPS) is 10.4. The first-order chi connectivity index (χ1) is 11.6. The van der Waals surface area contributed by atoms with Gasteiger partial charge in [-0.3, -0.25) is 4.79 Å². The minimum Gasteiger partial charge on any atom is -0.467 e. The van der Waals surface area contributed by atoms with Crippen molar-refractivity contribution in [3.63, 3.8) is 0 Å². The Hall–Kier alpha value is -2.98. The summed E-state index contributed by atoms with van der Waals surface area (Å²) < 4.78 is 5.58. The van der Waals surface area contributed by atoms with Gasteiger partial charge in [0.1, 0.15) is 11.2 Å². The van der Waals surface area contributed by atoms with Crippen LogP contribution < -0.4 is 10.1 Å². The summed E-state index contributed by atoms with van der Waals surface area (Å²) in [6.45, 7) is 3.85. The first-order valence-electron chi connectivity index (χ1n) is 7.22. The third-order valence-electron chi connectivity index (χ3n) is 3.57. The molecule has 2 heterocycles. The maximum Gasteiger partial charge on any atom is 0.262 e. The van der Waals surface area contributed by atoms with Crippen molar-refractivity contribution in [3.8, 4) is 11.9 Å². The minimum absolute atomic E-state index is 0.152. The van der Waals surface area contributed by atoms with Gasteiger partial charge in [-0.15, -0.1) is 11.3 Å². The molecule has 0 spiro atoms. The molecule has 120 valence electrons. The molecule has 0 radical (unpaired) electrons. The number of aromatic nitrogens is 2. The molecule has 0 aliphatic carbocycles. The molecule has 0 saturated heterocycles. The number of hydrogen-bond donors (Lipinski definition) is 1. The van der Waals surface area contributed by atoms with Crippen molar-refractivity contribution < 1.29 is 9.53 Å². The van der Waals surface area contributed by atoms with Crippen LogP contribution in [0.3, 0.4) is 0 Å². The summed E-state index contributed by atoms with van der Waals surface area (Å²) in [7, 11) is 0. The van der Waals surface area contributed by atoms with Crippen LogP contribution in [0.5, 0.6) is 5.88 Å². The average molecular weight is 338 g/mol. The molecule has 1 aromatic carbocycles. The van der Waals surface area contributed by atoms with Crippen molar-refractivity contribution in [2.24, 2.45) is 0 Å². The molecule has 1 N–H and O–H groups in total. The first kappa shape index (κ1) is 15.9. The standard InChI is InChI=1S/C17H14N4O2S/c1-10-11(2)24-17-15(10)16(19-9-20-17)23-8-14(22)21-13-5-3-12(7-18)4-6-13/h3-6,9H,8H2,1-2H3,(H,21,22). The Labute approximate surface area is 142 Å². The van der Waals surface area contributed by atoms with Gasteiger partial charge >= 0.3 is 0 Å². The fourth-order valence-electron chi connectivity index (χ4n) is 2.22. The van der Waals surface area contributed by atoms with Crippen molar-refractivity contribution in [1.29, 1.82) is 5.26 Å². The second-order valence-electron chi connectivity index (χ2n) is 5.17. The molecule has 0 aliphatic heterocycles. The Balaban J connectivity index is 1.69. The van der Waals surface area contributed by atoms with Gasteiger partial charge in [-0.2, -0.15) is 5.26 Å². The third kappa shape index (κ3) is 3.19. The van der Waals surface area contributed by atoms with E-state index >= 15 is 0 Å². The van der Waals surface area contributed by atoms with Crippen LogP contribution in [-0.2, 0) is 4.79 Å². The van der Waals surface area contributed by atoms with Gasteiger partial charge in [0.05, 0.1) is 17.0 Å². The van der Waals surface area contributed by atoms with Crippen molar-refractivity contribution in [1.82, 2.24) is 9.97 Å². The van der Waals surface area contributed by atoms with E-state index in [-0.39, 0.29) is 12.5 Å². The fraction of sp³-hybridized carbons (Fsp3) is 0.176. The summed E-state index contributed by atoms with van der Waals surface area (Å²) in [6, 6.07) is 8.65. The van der Waals surface area contributed by atoms with Crippen LogP contribution in [-0.4, -0.2) is 22.5 Å². The largest absolute Gasteiger partial charge is 0.467 e. The van der Waals surface area contributed by atoms with Gasteiger partial charge in [-0.05, 0) is 43.7 Å². The van der Waals surface area contributed by atoms with Gasteiger partial charge in [0.25, 0.3) is 5.91 Å². The molecule has 0 atom stereocenters. The summed E-state index contributed by atoms with van der Waals surface area (Å²) in [5.74, 6) is 0.118. The number of fused-ring (bicyclic) bond motifs is 1. The third-order valence-corrected chi connectivity index (χ3v) is 4.68. The van der Waals surface area contributed by atoms with Crippen molar-refractivity contribution >= 4 is 33.1 Å². The van der Waals surface area contributed by atoms with Crippen molar-refractivity contribution in [2.75, 3.05) is 11.9 Å². The van der Waals surface area contributed by atoms with Gasteiger partial charge in [0.2, 0.25) is 5.88 Å². The molecule has 0 saturated carbocycles. The van der Waals surface area contributed by atoms with E-state index in [9.17, 15) is 4.79 Å². The molecule has 0 bridgehead atoms. The molecule has 3 rings (SSSR count). The van der Waals surface area contributed by atoms with Crippen LogP contribution in [0.4, 0.5) is 5.69 Å². The zero-order valence-electron chi connectivity index (χ0n) is 13.2. The zero-order valence-corrected chi connectivity index (χ0v) is 14.0. The predicted octanol–water partition coefficient (Wildman–Crippen LogP) is 3.20. The molecule has 3 aromatic rings. The molecule has 6 nitrogen and oxygen atoms in total. The quantitative estimate of drug-likeness (QED) is 0.789. The van der Waals surface area contributed by atoms with E-state index in [1.807, 2.05) is 19.9 Å². The summed E-state index contributed by atoms with van der Waals surface area (Å²) in [5.41, 5.74) is 2.21. The van der Waals surface area contributed by atoms with E-state index in [0.717, 1.165) is 20.7 Å². The summed E-state index contributed by atoms with van der Waals surface area (Å²) in [5, 5.41) is 12.3. The van der Waals surface area contributed by atoms with Crippen LogP contribution in [0, 0.1) is 25.2 Å². The summed E-state index contributed by atoms with van der Waals surface area (Å²) in [4.78, 5) is 22.4. The Bertz CT molecular complexity index is 942. The van der Waals surface area contributed by atoms with Gasteiger partial charge in [0.15, 0.2) is 6.61 Å². The average Bonchev–Trinajstić information content (AvgIpc) is 2.89. The maximum absolute atomic E-state index is 12.0. The number of carbonyl (C=O) groups excluding carboxylic acids is 1. The van der Waals surface area contributed by atoms with Gasteiger partial charge in [-0.1, -0.05) is 0 Å². The smallest absolute Gasteiger partial charge is 0.262 e. The van der Waals surface area contributed by atoms with E-state index in [2.05, 4.69) is 15.3 Å².